The van der Waals surface area contributed by atoms with Gasteiger partial charge in [0.25, 0.3) is 0 Å². The highest BCUT2D eigenvalue weighted by Crippen LogP contribution is 2.37. The van der Waals surface area contributed by atoms with Gasteiger partial charge >= 0.3 is 5.97 Å². The number of rotatable bonds is 4. The standard InChI is InChI=1S/C18H25ClN2O3/c1-12(2)15(20)16(22)21-10-8-18(9-11-21,17(23)24-3)13-4-6-14(19)7-5-13/h4-7,12,15H,8-11,20H2,1-3H3/t15-/m1/s1. The number of nitrogens with two attached hydrogens (primary N) is 1. The number of piperidine rings is 1. The van der Waals surface area contributed by atoms with Crippen LogP contribution in [0.5, 0.6) is 0 Å². The van der Waals surface area contributed by atoms with Crippen LogP contribution in [0.4, 0.5) is 0 Å². The summed E-state index contributed by atoms with van der Waals surface area (Å²) < 4.78 is 5.06. The van der Waals surface area contributed by atoms with Gasteiger partial charge in [-0.05, 0) is 36.5 Å². The molecule has 1 aliphatic heterocycles. The van der Waals surface area contributed by atoms with Crippen molar-refractivity contribution in [1.82, 2.24) is 4.90 Å². The molecule has 0 bridgehead atoms. The molecule has 5 nitrogen and oxygen atoms in total. The number of carbonyl (C=O) groups is 2. The van der Waals surface area contributed by atoms with Gasteiger partial charge in [-0.25, -0.2) is 0 Å². The van der Waals surface area contributed by atoms with Crippen molar-refractivity contribution < 1.29 is 14.3 Å². The summed E-state index contributed by atoms with van der Waals surface area (Å²) in [5.41, 5.74) is 6.11. The lowest BCUT2D eigenvalue weighted by Crippen LogP contribution is -2.54. The summed E-state index contributed by atoms with van der Waals surface area (Å²) in [4.78, 5) is 26.7. The number of carbonyl (C=O) groups excluding carboxylic acids is 2. The summed E-state index contributed by atoms with van der Waals surface area (Å²) in [6, 6.07) is 6.75. The summed E-state index contributed by atoms with van der Waals surface area (Å²) >= 11 is 5.96. The highest BCUT2D eigenvalue weighted by molar-refractivity contribution is 6.30. The average Bonchev–Trinajstić information content (AvgIpc) is 2.60. The predicted octanol–water partition coefficient (Wildman–Crippen LogP) is 2.36. The molecule has 1 amide bonds. The van der Waals surface area contributed by atoms with Gasteiger partial charge in [-0.15, -0.1) is 0 Å². The molecular formula is C18H25ClN2O3. The van der Waals surface area contributed by atoms with E-state index >= 15 is 0 Å². The lowest BCUT2D eigenvalue weighted by Gasteiger charge is -2.41. The van der Waals surface area contributed by atoms with Crippen molar-refractivity contribution in [2.24, 2.45) is 11.7 Å². The number of halogens is 1. The van der Waals surface area contributed by atoms with E-state index in [1.165, 1.54) is 7.11 Å². The van der Waals surface area contributed by atoms with Gasteiger partial charge in [0.1, 0.15) is 0 Å². The van der Waals surface area contributed by atoms with Crippen LogP contribution >= 0.6 is 11.6 Å². The summed E-state index contributed by atoms with van der Waals surface area (Å²) in [6.07, 6.45) is 1.02. The van der Waals surface area contributed by atoms with E-state index in [4.69, 9.17) is 22.1 Å². The third kappa shape index (κ3) is 3.57. The maximum absolute atomic E-state index is 12.5. The minimum Gasteiger partial charge on any atom is -0.468 e. The fourth-order valence-corrected chi connectivity index (χ4v) is 3.31. The topological polar surface area (TPSA) is 72.6 Å². The Morgan fingerprint density at radius 3 is 2.21 bits per heavy atom. The number of hydrogen-bond donors (Lipinski definition) is 1. The molecule has 0 spiro atoms. The van der Waals surface area contributed by atoms with Crippen molar-refractivity contribution in [3.63, 3.8) is 0 Å². The van der Waals surface area contributed by atoms with Crippen LogP contribution in [0.25, 0.3) is 0 Å². The van der Waals surface area contributed by atoms with Gasteiger partial charge in [-0.3, -0.25) is 9.59 Å². The number of hydrogen-bond acceptors (Lipinski definition) is 4. The second-order valence-electron chi connectivity index (χ2n) is 6.68. The van der Waals surface area contributed by atoms with Crippen molar-refractivity contribution >= 4 is 23.5 Å². The first kappa shape index (κ1) is 18.7. The molecule has 1 aliphatic rings. The summed E-state index contributed by atoms with van der Waals surface area (Å²) in [5.74, 6) is -0.245. The second-order valence-corrected chi connectivity index (χ2v) is 7.11. The Kier molecular flexibility index (Phi) is 5.88. The predicted molar refractivity (Wildman–Crippen MR) is 93.8 cm³/mol. The maximum Gasteiger partial charge on any atom is 0.316 e. The summed E-state index contributed by atoms with van der Waals surface area (Å²) in [5, 5.41) is 0.620. The second kappa shape index (κ2) is 7.53. The first-order valence-electron chi connectivity index (χ1n) is 8.20. The largest absolute Gasteiger partial charge is 0.468 e. The van der Waals surface area contributed by atoms with Crippen LogP contribution in [0, 0.1) is 5.92 Å². The number of esters is 1. The molecule has 0 saturated carbocycles. The summed E-state index contributed by atoms with van der Waals surface area (Å²) in [7, 11) is 1.40. The maximum atomic E-state index is 12.5. The normalized spacial score (nSPS) is 18.3. The summed E-state index contributed by atoms with van der Waals surface area (Å²) in [6.45, 7) is 4.83. The molecule has 2 N–H and O–H groups in total. The SMILES string of the molecule is COC(=O)C1(c2ccc(Cl)cc2)CCN(C(=O)[C@H](N)C(C)C)CC1. The van der Waals surface area contributed by atoms with Crippen molar-refractivity contribution in [2.45, 2.75) is 38.1 Å². The third-order valence-electron chi connectivity index (χ3n) is 4.90. The van der Waals surface area contributed by atoms with E-state index in [1.807, 2.05) is 26.0 Å². The van der Waals surface area contributed by atoms with E-state index in [0.717, 1.165) is 5.56 Å². The molecule has 1 aromatic carbocycles. The number of methoxy groups -OCH3 is 1. The Morgan fingerprint density at radius 1 is 1.21 bits per heavy atom. The minimum absolute atomic E-state index is 0.0560. The molecule has 1 atom stereocenters. The Bertz CT molecular complexity index is 593. The molecule has 2 rings (SSSR count). The molecule has 1 saturated heterocycles. The smallest absolute Gasteiger partial charge is 0.316 e. The van der Waals surface area contributed by atoms with Gasteiger partial charge in [0.05, 0.1) is 18.6 Å². The lowest BCUT2D eigenvalue weighted by atomic mass is 9.72. The molecule has 6 heteroatoms. The fourth-order valence-electron chi connectivity index (χ4n) is 3.18. The van der Waals surface area contributed by atoms with Crippen molar-refractivity contribution in [2.75, 3.05) is 20.2 Å². The van der Waals surface area contributed by atoms with E-state index in [-0.39, 0.29) is 17.8 Å². The molecule has 1 aromatic rings. The van der Waals surface area contributed by atoms with Crippen LogP contribution < -0.4 is 5.73 Å². The average molecular weight is 353 g/mol. The molecule has 132 valence electrons. The highest BCUT2D eigenvalue weighted by Gasteiger charge is 2.45. The van der Waals surface area contributed by atoms with Crippen LogP contribution in [0.15, 0.2) is 24.3 Å². The monoisotopic (exact) mass is 352 g/mol. The van der Waals surface area contributed by atoms with Gasteiger partial charge in [-0.2, -0.15) is 0 Å². The highest BCUT2D eigenvalue weighted by atomic mass is 35.5. The van der Waals surface area contributed by atoms with Crippen molar-refractivity contribution in [1.29, 1.82) is 0 Å². The van der Waals surface area contributed by atoms with Gasteiger partial charge in [-0.1, -0.05) is 37.6 Å². The first-order valence-corrected chi connectivity index (χ1v) is 8.58. The zero-order valence-corrected chi connectivity index (χ0v) is 15.2. The third-order valence-corrected chi connectivity index (χ3v) is 5.16. The van der Waals surface area contributed by atoms with Gasteiger partial charge in [0.15, 0.2) is 0 Å². The Hall–Kier alpha value is -1.59. The Balaban J connectivity index is 2.21. The zero-order valence-electron chi connectivity index (χ0n) is 14.4. The molecule has 1 heterocycles. The van der Waals surface area contributed by atoms with Crippen molar-refractivity contribution in [3.8, 4) is 0 Å². The molecule has 1 fully saturated rings. The van der Waals surface area contributed by atoms with Gasteiger partial charge < -0.3 is 15.4 Å². The van der Waals surface area contributed by atoms with Crippen LogP contribution in [0.2, 0.25) is 5.02 Å². The van der Waals surface area contributed by atoms with E-state index in [1.54, 1.807) is 17.0 Å². The molecule has 24 heavy (non-hydrogen) atoms. The van der Waals surface area contributed by atoms with Crippen LogP contribution in [-0.2, 0) is 19.7 Å². The van der Waals surface area contributed by atoms with E-state index in [2.05, 4.69) is 0 Å². The molecule has 0 aromatic heterocycles. The molecule has 0 aliphatic carbocycles. The quantitative estimate of drug-likeness (QED) is 0.844. The number of nitrogens with zero attached hydrogens (tertiary/aromatic N) is 1. The fraction of sp³-hybridized carbons (Fsp3) is 0.556. The number of ether oxygens (including phenoxy) is 1. The minimum atomic E-state index is -0.738. The van der Waals surface area contributed by atoms with E-state index < -0.39 is 11.5 Å². The van der Waals surface area contributed by atoms with Gasteiger partial charge in [0, 0.05) is 18.1 Å². The number of amides is 1. The van der Waals surface area contributed by atoms with Gasteiger partial charge in [0.2, 0.25) is 5.91 Å². The number of likely N-dealkylation sites (tertiary alicyclic amines) is 1. The van der Waals surface area contributed by atoms with Crippen LogP contribution in [0.3, 0.4) is 0 Å². The lowest BCUT2D eigenvalue weighted by molar-refractivity contribution is -0.152. The Morgan fingerprint density at radius 2 is 1.75 bits per heavy atom. The zero-order chi connectivity index (χ0) is 17.9. The van der Waals surface area contributed by atoms with Crippen molar-refractivity contribution in [3.05, 3.63) is 34.9 Å². The van der Waals surface area contributed by atoms with Crippen LogP contribution in [-0.4, -0.2) is 43.0 Å². The molecule has 0 unspecified atom stereocenters. The van der Waals surface area contributed by atoms with E-state index in [9.17, 15) is 9.59 Å². The van der Waals surface area contributed by atoms with Crippen LogP contribution in [0.1, 0.15) is 32.3 Å². The molecule has 0 radical (unpaired) electrons. The molecular weight excluding hydrogens is 328 g/mol. The van der Waals surface area contributed by atoms with E-state index in [0.29, 0.717) is 31.0 Å². The Labute approximate surface area is 148 Å². The number of benzene rings is 1. The first-order chi connectivity index (χ1) is 11.3.